The summed E-state index contributed by atoms with van der Waals surface area (Å²) in [7, 11) is -3.68. The highest BCUT2D eigenvalue weighted by molar-refractivity contribution is 7.89. The molecule has 2 rings (SSSR count). The van der Waals surface area contributed by atoms with Crippen LogP contribution in [0.1, 0.15) is 37.7 Å². The maximum atomic E-state index is 12.4. The smallest absolute Gasteiger partial charge is 0.240 e. The zero-order valence-corrected chi connectivity index (χ0v) is 13.1. The second-order valence-electron chi connectivity index (χ2n) is 5.28. The van der Waals surface area contributed by atoms with Crippen LogP contribution in [0.2, 0.25) is 5.02 Å². The Morgan fingerprint density at radius 1 is 1.29 bits per heavy atom. The lowest BCUT2D eigenvalue weighted by Gasteiger charge is -2.22. The average molecular weight is 328 g/mol. The van der Waals surface area contributed by atoms with E-state index >= 15 is 0 Å². The minimum absolute atomic E-state index is 0.0583. The molecule has 21 heavy (non-hydrogen) atoms. The first-order valence-electron chi connectivity index (χ1n) is 6.91. The largest absolute Gasteiger partial charge is 0.326 e. The van der Waals surface area contributed by atoms with Gasteiger partial charge in [0.2, 0.25) is 10.0 Å². The minimum Gasteiger partial charge on any atom is -0.326 e. The highest BCUT2D eigenvalue weighted by atomic mass is 35.5. The number of sulfonamides is 1. The molecule has 0 radical (unpaired) electrons. The zero-order valence-electron chi connectivity index (χ0n) is 11.5. The van der Waals surface area contributed by atoms with Crippen molar-refractivity contribution < 1.29 is 8.42 Å². The van der Waals surface area contributed by atoms with Gasteiger partial charge in [0.15, 0.2) is 0 Å². The number of hydrogen-bond acceptors (Lipinski definition) is 4. The van der Waals surface area contributed by atoms with E-state index in [0.29, 0.717) is 0 Å². The highest BCUT2D eigenvalue weighted by Gasteiger charge is 2.26. The third-order valence-electron chi connectivity index (χ3n) is 3.75. The summed E-state index contributed by atoms with van der Waals surface area (Å²) in [4.78, 5) is 0.0583. The quantitative estimate of drug-likeness (QED) is 0.831. The third-order valence-corrected chi connectivity index (χ3v) is 5.55. The molecule has 0 aliphatic heterocycles. The molecular formula is C14H18ClN3O2S. The summed E-state index contributed by atoms with van der Waals surface area (Å²) in [6, 6.07) is 5.56. The summed E-state index contributed by atoms with van der Waals surface area (Å²) < 4.78 is 27.5. The first-order chi connectivity index (χ1) is 9.94. The molecule has 1 aliphatic carbocycles. The molecule has 114 valence electrons. The molecule has 0 amide bonds. The van der Waals surface area contributed by atoms with E-state index in [9.17, 15) is 8.42 Å². The number of hydrogen-bond donors (Lipinski definition) is 2. The standard InChI is InChI=1S/C14H18ClN3O2S/c15-12-8-11(7-6-10(12)9-16)21(19,20)18-14-5-3-1-2-4-13(14)17/h6-8,13-14,18H,1-5,17H2. The van der Waals surface area contributed by atoms with Gasteiger partial charge in [0.1, 0.15) is 6.07 Å². The summed E-state index contributed by atoms with van der Waals surface area (Å²) in [5.74, 6) is 0. The first kappa shape index (κ1) is 16.2. The van der Waals surface area contributed by atoms with E-state index in [2.05, 4.69) is 4.72 Å². The number of nitriles is 1. The molecule has 5 nitrogen and oxygen atoms in total. The summed E-state index contributed by atoms with van der Waals surface area (Å²) in [6.45, 7) is 0. The fourth-order valence-corrected chi connectivity index (χ4v) is 4.14. The van der Waals surface area contributed by atoms with Gasteiger partial charge in [-0.3, -0.25) is 0 Å². The molecule has 2 unspecified atom stereocenters. The van der Waals surface area contributed by atoms with Crippen molar-refractivity contribution in [2.45, 2.75) is 49.1 Å². The summed E-state index contributed by atoms with van der Waals surface area (Å²) in [5.41, 5.74) is 6.30. The lowest BCUT2D eigenvalue weighted by molar-refractivity contribution is 0.456. The number of nitrogens with one attached hydrogen (secondary N) is 1. The second-order valence-corrected chi connectivity index (χ2v) is 7.40. The lowest BCUT2D eigenvalue weighted by atomic mass is 10.1. The number of rotatable bonds is 3. The Kier molecular flexibility index (Phi) is 5.22. The molecule has 1 fully saturated rings. The summed E-state index contributed by atoms with van der Waals surface area (Å²) in [5, 5.41) is 8.95. The van der Waals surface area contributed by atoms with Gasteiger partial charge in [0.05, 0.1) is 15.5 Å². The Morgan fingerprint density at radius 2 is 2.00 bits per heavy atom. The van der Waals surface area contributed by atoms with Gasteiger partial charge in [-0.25, -0.2) is 13.1 Å². The lowest BCUT2D eigenvalue weighted by Crippen LogP contribution is -2.46. The van der Waals surface area contributed by atoms with Crippen molar-refractivity contribution >= 4 is 21.6 Å². The summed E-state index contributed by atoms with van der Waals surface area (Å²) >= 11 is 5.89. The van der Waals surface area contributed by atoms with Crippen molar-refractivity contribution in [1.82, 2.24) is 4.72 Å². The van der Waals surface area contributed by atoms with Crippen molar-refractivity contribution in [1.29, 1.82) is 5.26 Å². The molecule has 1 saturated carbocycles. The molecule has 0 heterocycles. The Labute approximate surface area is 130 Å². The second kappa shape index (κ2) is 6.75. The minimum atomic E-state index is -3.68. The van der Waals surface area contributed by atoms with Crippen LogP contribution in [0.15, 0.2) is 23.1 Å². The fraction of sp³-hybridized carbons (Fsp3) is 0.500. The van der Waals surface area contributed by atoms with E-state index in [0.717, 1.165) is 32.1 Å². The van der Waals surface area contributed by atoms with Gasteiger partial charge in [0.25, 0.3) is 0 Å². The maximum absolute atomic E-state index is 12.4. The van der Waals surface area contributed by atoms with Gasteiger partial charge in [-0.15, -0.1) is 0 Å². The van der Waals surface area contributed by atoms with Crippen molar-refractivity contribution in [3.63, 3.8) is 0 Å². The number of benzene rings is 1. The van der Waals surface area contributed by atoms with Gasteiger partial charge in [-0.1, -0.05) is 30.9 Å². The predicted octanol–water partition coefficient (Wildman–Crippen LogP) is 2.15. The third kappa shape index (κ3) is 3.95. The monoisotopic (exact) mass is 327 g/mol. The predicted molar refractivity (Wildman–Crippen MR) is 81.3 cm³/mol. The van der Waals surface area contributed by atoms with Crippen LogP contribution in [-0.4, -0.2) is 20.5 Å². The van der Waals surface area contributed by atoms with Crippen LogP contribution < -0.4 is 10.5 Å². The van der Waals surface area contributed by atoms with E-state index in [1.807, 2.05) is 6.07 Å². The molecule has 7 heteroatoms. The van der Waals surface area contributed by atoms with Crippen molar-refractivity contribution in [3.8, 4) is 6.07 Å². The van der Waals surface area contributed by atoms with E-state index in [-0.39, 0.29) is 27.6 Å². The maximum Gasteiger partial charge on any atom is 0.240 e. The Hall–Kier alpha value is -1.13. The van der Waals surface area contributed by atoms with Crippen LogP contribution in [0.25, 0.3) is 0 Å². The SMILES string of the molecule is N#Cc1ccc(S(=O)(=O)NC2CCCCCC2N)cc1Cl. The molecule has 0 spiro atoms. The normalized spacial score (nSPS) is 23.3. The van der Waals surface area contributed by atoms with Gasteiger partial charge in [0, 0.05) is 12.1 Å². The van der Waals surface area contributed by atoms with E-state index in [1.165, 1.54) is 18.2 Å². The topological polar surface area (TPSA) is 96.0 Å². The van der Waals surface area contributed by atoms with Crippen LogP contribution in [0.3, 0.4) is 0 Å². The molecule has 0 saturated heterocycles. The van der Waals surface area contributed by atoms with E-state index in [4.69, 9.17) is 22.6 Å². The van der Waals surface area contributed by atoms with Gasteiger partial charge in [-0.05, 0) is 31.0 Å². The first-order valence-corrected chi connectivity index (χ1v) is 8.78. The van der Waals surface area contributed by atoms with E-state index < -0.39 is 10.0 Å². The number of halogens is 1. The van der Waals surface area contributed by atoms with Crippen molar-refractivity contribution in [2.24, 2.45) is 5.73 Å². The molecule has 0 aromatic heterocycles. The van der Waals surface area contributed by atoms with Crippen LogP contribution in [0, 0.1) is 11.3 Å². The fourth-order valence-electron chi connectivity index (χ4n) is 2.50. The molecule has 1 aliphatic rings. The Morgan fingerprint density at radius 3 is 2.67 bits per heavy atom. The molecule has 2 atom stereocenters. The zero-order chi connectivity index (χ0) is 15.5. The number of nitrogens with zero attached hydrogens (tertiary/aromatic N) is 1. The molecular weight excluding hydrogens is 310 g/mol. The average Bonchev–Trinajstić information content (AvgIpc) is 2.64. The van der Waals surface area contributed by atoms with Gasteiger partial charge < -0.3 is 5.73 Å². The molecule has 3 N–H and O–H groups in total. The Balaban J connectivity index is 2.21. The van der Waals surface area contributed by atoms with E-state index in [1.54, 1.807) is 0 Å². The van der Waals surface area contributed by atoms with Crippen molar-refractivity contribution in [2.75, 3.05) is 0 Å². The van der Waals surface area contributed by atoms with Gasteiger partial charge >= 0.3 is 0 Å². The van der Waals surface area contributed by atoms with Gasteiger partial charge in [-0.2, -0.15) is 5.26 Å². The molecule has 1 aromatic rings. The van der Waals surface area contributed by atoms with Crippen LogP contribution in [0.5, 0.6) is 0 Å². The van der Waals surface area contributed by atoms with Crippen LogP contribution in [-0.2, 0) is 10.0 Å². The Bertz CT molecular complexity index is 655. The highest BCUT2D eigenvalue weighted by Crippen LogP contribution is 2.22. The van der Waals surface area contributed by atoms with Crippen LogP contribution in [0.4, 0.5) is 0 Å². The number of nitrogens with two attached hydrogens (primary N) is 1. The van der Waals surface area contributed by atoms with Crippen LogP contribution >= 0.6 is 11.6 Å². The van der Waals surface area contributed by atoms with Crippen molar-refractivity contribution in [3.05, 3.63) is 28.8 Å². The summed E-state index contributed by atoms with van der Waals surface area (Å²) in [6.07, 6.45) is 4.64. The molecule has 0 bridgehead atoms. The molecule has 1 aromatic carbocycles.